The van der Waals surface area contributed by atoms with Crippen molar-refractivity contribution in [1.29, 1.82) is 0 Å². The molecule has 2 rings (SSSR count). The molecule has 3 N–H and O–H groups in total. The third-order valence-corrected chi connectivity index (χ3v) is 4.19. The molecule has 2 aromatic rings. The van der Waals surface area contributed by atoms with E-state index in [0.29, 0.717) is 16.5 Å². The summed E-state index contributed by atoms with van der Waals surface area (Å²) in [6, 6.07) is 12.8. The van der Waals surface area contributed by atoms with Gasteiger partial charge in [-0.2, -0.15) is 0 Å². The number of halogens is 1. The van der Waals surface area contributed by atoms with Crippen LogP contribution < -0.4 is 11.1 Å². The largest absolute Gasteiger partial charge is 0.398 e. The maximum Gasteiger partial charge on any atom is 0.234 e. The molecule has 0 spiro atoms. The first-order valence-corrected chi connectivity index (χ1v) is 7.46. The van der Waals surface area contributed by atoms with E-state index in [2.05, 4.69) is 5.32 Å². The molecule has 0 saturated carbocycles. The zero-order valence-corrected chi connectivity index (χ0v) is 12.6. The summed E-state index contributed by atoms with van der Waals surface area (Å²) < 4.78 is 0. The number of benzene rings is 2. The number of rotatable bonds is 4. The number of thioether (sulfide) groups is 1. The van der Waals surface area contributed by atoms with Crippen molar-refractivity contribution in [3.8, 4) is 0 Å². The first-order chi connectivity index (χ1) is 9.56. The number of nitrogens with one attached hydrogen (secondary N) is 1. The van der Waals surface area contributed by atoms with Gasteiger partial charge in [0.1, 0.15) is 0 Å². The summed E-state index contributed by atoms with van der Waals surface area (Å²) in [6.45, 7) is 1.95. The van der Waals surface area contributed by atoms with Crippen LogP contribution in [-0.4, -0.2) is 11.7 Å². The van der Waals surface area contributed by atoms with E-state index in [1.165, 1.54) is 11.8 Å². The topological polar surface area (TPSA) is 55.1 Å². The number of amides is 1. The molecule has 1 amide bonds. The van der Waals surface area contributed by atoms with Crippen molar-refractivity contribution < 1.29 is 4.79 Å². The van der Waals surface area contributed by atoms with Gasteiger partial charge in [-0.3, -0.25) is 4.79 Å². The fourth-order valence-corrected chi connectivity index (χ4v) is 2.75. The molecule has 0 unspecified atom stereocenters. The second-order valence-corrected chi connectivity index (χ2v) is 5.77. The second-order valence-electron chi connectivity index (χ2n) is 4.32. The summed E-state index contributed by atoms with van der Waals surface area (Å²) in [5.41, 5.74) is 8.29. The van der Waals surface area contributed by atoms with Crippen molar-refractivity contribution in [2.45, 2.75) is 11.8 Å². The number of nitrogen functional groups attached to an aromatic ring is 1. The van der Waals surface area contributed by atoms with E-state index in [1.807, 2.05) is 25.1 Å². The van der Waals surface area contributed by atoms with E-state index in [1.54, 1.807) is 24.3 Å². The third-order valence-electron chi connectivity index (χ3n) is 2.79. The molecule has 0 fully saturated rings. The normalized spacial score (nSPS) is 10.3. The number of carbonyl (C=O) groups is 1. The van der Waals surface area contributed by atoms with Crippen LogP contribution in [0.1, 0.15) is 5.56 Å². The minimum atomic E-state index is -0.0703. The van der Waals surface area contributed by atoms with Gasteiger partial charge >= 0.3 is 0 Å². The molecular formula is C15H15ClN2OS. The molecule has 0 bridgehead atoms. The van der Waals surface area contributed by atoms with Crippen LogP contribution in [0.5, 0.6) is 0 Å². The van der Waals surface area contributed by atoms with Crippen LogP contribution in [0, 0.1) is 6.92 Å². The van der Waals surface area contributed by atoms with Crippen molar-refractivity contribution in [2.75, 3.05) is 16.8 Å². The van der Waals surface area contributed by atoms with E-state index in [-0.39, 0.29) is 5.91 Å². The Hall–Kier alpha value is -1.65. The first-order valence-electron chi connectivity index (χ1n) is 6.09. The third kappa shape index (κ3) is 3.92. The lowest BCUT2D eigenvalue weighted by atomic mass is 10.2. The Bertz CT molecular complexity index is 631. The number of carbonyl (C=O) groups excluding carboxylic acids is 1. The zero-order valence-electron chi connectivity index (χ0n) is 11.0. The number of nitrogens with two attached hydrogens (primary N) is 1. The van der Waals surface area contributed by atoms with Crippen LogP contribution in [0.25, 0.3) is 0 Å². The molecule has 20 heavy (non-hydrogen) atoms. The van der Waals surface area contributed by atoms with Gasteiger partial charge in [-0.1, -0.05) is 23.7 Å². The highest BCUT2D eigenvalue weighted by molar-refractivity contribution is 8.00. The Balaban J connectivity index is 1.94. The minimum absolute atomic E-state index is 0.0703. The fraction of sp³-hybridized carbons (Fsp3) is 0.133. The zero-order chi connectivity index (χ0) is 14.5. The Morgan fingerprint density at radius 1 is 1.30 bits per heavy atom. The highest BCUT2D eigenvalue weighted by atomic mass is 35.5. The molecule has 5 heteroatoms. The summed E-state index contributed by atoms with van der Waals surface area (Å²) in [6.07, 6.45) is 0. The molecule has 0 aliphatic heterocycles. The SMILES string of the molecule is Cc1c(N)cccc1SCC(=O)Nc1cccc(Cl)c1. The molecule has 0 saturated heterocycles. The maximum atomic E-state index is 11.9. The lowest BCUT2D eigenvalue weighted by molar-refractivity contribution is -0.113. The summed E-state index contributed by atoms with van der Waals surface area (Å²) in [7, 11) is 0. The summed E-state index contributed by atoms with van der Waals surface area (Å²) in [5, 5.41) is 3.41. The van der Waals surface area contributed by atoms with Crippen LogP contribution in [0.2, 0.25) is 5.02 Å². The molecule has 0 aliphatic carbocycles. The molecule has 104 valence electrons. The maximum absolute atomic E-state index is 11.9. The number of hydrogen-bond acceptors (Lipinski definition) is 3. The molecule has 0 aromatic heterocycles. The van der Waals surface area contributed by atoms with Gasteiger partial charge < -0.3 is 11.1 Å². The summed E-state index contributed by atoms with van der Waals surface area (Å²) in [4.78, 5) is 12.9. The Morgan fingerprint density at radius 2 is 2.05 bits per heavy atom. The Morgan fingerprint density at radius 3 is 2.80 bits per heavy atom. The van der Waals surface area contributed by atoms with Gasteiger partial charge in [-0.25, -0.2) is 0 Å². The van der Waals surface area contributed by atoms with Crippen molar-refractivity contribution >= 4 is 40.6 Å². The predicted octanol–water partition coefficient (Wildman–Crippen LogP) is 3.96. The average molecular weight is 307 g/mol. The number of hydrogen-bond donors (Lipinski definition) is 2. The molecule has 0 aliphatic rings. The van der Waals surface area contributed by atoms with Crippen LogP contribution in [0.15, 0.2) is 47.4 Å². The monoisotopic (exact) mass is 306 g/mol. The van der Waals surface area contributed by atoms with Crippen molar-refractivity contribution in [1.82, 2.24) is 0 Å². The van der Waals surface area contributed by atoms with Crippen LogP contribution >= 0.6 is 23.4 Å². The van der Waals surface area contributed by atoms with Crippen molar-refractivity contribution in [2.24, 2.45) is 0 Å². The van der Waals surface area contributed by atoms with Gasteiger partial charge in [0.25, 0.3) is 0 Å². The first kappa shape index (κ1) is 14.8. The van der Waals surface area contributed by atoms with E-state index in [0.717, 1.165) is 16.1 Å². The van der Waals surface area contributed by atoms with Gasteiger partial charge in [0.15, 0.2) is 0 Å². The highest BCUT2D eigenvalue weighted by Crippen LogP contribution is 2.26. The average Bonchev–Trinajstić information content (AvgIpc) is 2.40. The van der Waals surface area contributed by atoms with Crippen LogP contribution in [0.3, 0.4) is 0 Å². The quantitative estimate of drug-likeness (QED) is 0.664. The van der Waals surface area contributed by atoms with Gasteiger partial charge in [0, 0.05) is 21.3 Å². The fourth-order valence-electron chi connectivity index (χ4n) is 1.69. The molecule has 0 atom stereocenters. The standard InChI is InChI=1S/C15H15ClN2OS/c1-10-13(17)6-3-7-14(10)20-9-15(19)18-12-5-2-4-11(16)8-12/h2-8H,9,17H2,1H3,(H,18,19). The molecule has 3 nitrogen and oxygen atoms in total. The lowest BCUT2D eigenvalue weighted by Crippen LogP contribution is -2.14. The molecule has 0 radical (unpaired) electrons. The van der Waals surface area contributed by atoms with Gasteiger partial charge in [0.05, 0.1) is 5.75 Å². The van der Waals surface area contributed by atoms with Crippen LogP contribution in [-0.2, 0) is 4.79 Å². The Labute approximate surface area is 127 Å². The van der Waals surface area contributed by atoms with Gasteiger partial charge in [0.2, 0.25) is 5.91 Å². The van der Waals surface area contributed by atoms with Gasteiger partial charge in [-0.05, 0) is 42.8 Å². The van der Waals surface area contributed by atoms with Crippen molar-refractivity contribution in [3.63, 3.8) is 0 Å². The lowest BCUT2D eigenvalue weighted by Gasteiger charge is -2.08. The van der Waals surface area contributed by atoms with Crippen LogP contribution in [0.4, 0.5) is 11.4 Å². The van der Waals surface area contributed by atoms with E-state index in [4.69, 9.17) is 17.3 Å². The van der Waals surface area contributed by atoms with E-state index < -0.39 is 0 Å². The Kier molecular flexibility index (Phi) is 4.93. The molecule has 0 heterocycles. The predicted molar refractivity (Wildman–Crippen MR) is 86.4 cm³/mol. The molecule has 2 aromatic carbocycles. The summed E-state index contributed by atoms with van der Waals surface area (Å²) >= 11 is 7.34. The number of anilines is 2. The summed E-state index contributed by atoms with van der Waals surface area (Å²) in [5.74, 6) is 0.260. The van der Waals surface area contributed by atoms with Crippen molar-refractivity contribution in [3.05, 3.63) is 53.1 Å². The van der Waals surface area contributed by atoms with E-state index in [9.17, 15) is 4.79 Å². The molecular weight excluding hydrogens is 292 g/mol. The second kappa shape index (κ2) is 6.68. The highest BCUT2D eigenvalue weighted by Gasteiger charge is 2.07. The van der Waals surface area contributed by atoms with Gasteiger partial charge in [-0.15, -0.1) is 11.8 Å². The smallest absolute Gasteiger partial charge is 0.234 e. The van der Waals surface area contributed by atoms with E-state index >= 15 is 0 Å². The minimum Gasteiger partial charge on any atom is -0.398 e.